The molecule has 0 aromatic carbocycles. The van der Waals surface area contributed by atoms with Crippen LogP contribution in [0.15, 0.2) is 12.1 Å². The molecule has 0 N–H and O–H groups in total. The number of thiophene rings is 1. The molecular formula is C17H25N3O3S. The van der Waals surface area contributed by atoms with E-state index in [-0.39, 0.29) is 11.9 Å². The molecule has 0 bridgehead atoms. The van der Waals surface area contributed by atoms with Gasteiger partial charge in [0.15, 0.2) is 0 Å². The van der Waals surface area contributed by atoms with E-state index in [0.717, 1.165) is 19.6 Å². The number of rotatable bonds is 5. The molecule has 24 heavy (non-hydrogen) atoms. The second-order valence-corrected chi connectivity index (χ2v) is 7.98. The SMILES string of the molecule is COCCN1C(=O)N(C)C(=O)C12CCN(Cc1ccc(C)s1)CC2. The number of piperidine rings is 1. The number of carbonyl (C=O) groups excluding carboxylic acids is 2. The molecule has 1 spiro atoms. The summed E-state index contributed by atoms with van der Waals surface area (Å²) < 4.78 is 5.13. The zero-order valence-corrected chi connectivity index (χ0v) is 15.4. The second-order valence-electron chi connectivity index (χ2n) is 6.61. The summed E-state index contributed by atoms with van der Waals surface area (Å²) in [6.45, 7) is 5.61. The number of aryl methyl sites for hydroxylation is 1. The minimum absolute atomic E-state index is 0.0600. The van der Waals surface area contributed by atoms with Gasteiger partial charge >= 0.3 is 6.03 Å². The third-order valence-electron chi connectivity index (χ3n) is 5.11. The Morgan fingerprint density at radius 2 is 1.96 bits per heavy atom. The predicted octanol–water partition coefficient (Wildman–Crippen LogP) is 1.93. The van der Waals surface area contributed by atoms with E-state index in [1.54, 1.807) is 19.1 Å². The van der Waals surface area contributed by atoms with Crippen molar-refractivity contribution in [2.45, 2.75) is 31.8 Å². The van der Waals surface area contributed by atoms with Crippen molar-refractivity contribution in [3.8, 4) is 0 Å². The molecule has 2 fully saturated rings. The number of imide groups is 1. The molecule has 6 nitrogen and oxygen atoms in total. The number of carbonyl (C=O) groups is 2. The van der Waals surface area contributed by atoms with Gasteiger partial charge in [0.1, 0.15) is 5.54 Å². The Morgan fingerprint density at radius 3 is 2.54 bits per heavy atom. The molecule has 0 radical (unpaired) electrons. The summed E-state index contributed by atoms with van der Waals surface area (Å²) in [4.78, 5) is 33.2. The summed E-state index contributed by atoms with van der Waals surface area (Å²) in [5.74, 6) is -0.0600. The van der Waals surface area contributed by atoms with Crippen molar-refractivity contribution in [1.82, 2.24) is 14.7 Å². The largest absolute Gasteiger partial charge is 0.383 e. The highest BCUT2D eigenvalue weighted by Crippen LogP contribution is 2.37. The smallest absolute Gasteiger partial charge is 0.327 e. The molecule has 2 saturated heterocycles. The first kappa shape index (κ1) is 17.4. The highest BCUT2D eigenvalue weighted by molar-refractivity contribution is 7.11. The van der Waals surface area contributed by atoms with Gasteiger partial charge in [-0.25, -0.2) is 4.79 Å². The van der Waals surface area contributed by atoms with Gasteiger partial charge in [-0.3, -0.25) is 14.6 Å². The molecule has 3 amide bonds. The van der Waals surface area contributed by atoms with Gasteiger partial charge in [-0.2, -0.15) is 0 Å². The number of hydrogen-bond acceptors (Lipinski definition) is 5. The lowest BCUT2D eigenvalue weighted by atomic mass is 9.86. The molecule has 2 aliphatic rings. The molecule has 132 valence electrons. The summed E-state index contributed by atoms with van der Waals surface area (Å²) >= 11 is 1.82. The standard InChI is InChI=1S/C17H25N3O3S/c1-13-4-5-14(24-13)12-19-8-6-17(7-9-19)15(21)18(2)16(22)20(17)10-11-23-3/h4-5H,6-12H2,1-3H3. The topological polar surface area (TPSA) is 53.1 Å². The number of likely N-dealkylation sites (N-methyl/N-ethyl adjacent to an activating group) is 1. The van der Waals surface area contributed by atoms with Crippen LogP contribution in [0.2, 0.25) is 0 Å². The lowest BCUT2D eigenvalue weighted by molar-refractivity contribution is -0.135. The lowest BCUT2D eigenvalue weighted by Crippen LogP contribution is -2.57. The molecule has 0 unspecified atom stereocenters. The van der Waals surface area contributed by atoms with Crippen molar-refractivity contribution in [2.24, 2.45) is 0 Å². The van der Waals surface area contributed by atoms with E-state index in [2.05, 4.69) is 24.0 Å². The third-order valence-corrected chi connectivity index (χ3v) is 6.10. The van der Waals surface area contributed by atoms with Crippen LogP contribution in [0.4, 0.5) is 4.79 Å². The van der Waals surface area contributed by atoms with Crippen LogP contribution in [-0.2, 0) is 16.1 Å². The lowest BCUT2D eigenvalue weighted by Gasteiger charge is -2.42. The minimum atomic E-state index is -0.674. The molecule has 0 aliphatic carbocycles. The fourth-order valence-corrected chi connectivity index (χ4v) is 4.66. The minimum Gasteiger partial charge on any atom is -0.383 e. The van der Waals surface area contributed by atoms with Crippen molar-refractivity contribution in [3.63, 3.8) is 0 Å². The summed E-state index contributed by atoms with van der Waals surface area (Å²) in [6.07, 6.45) is 1.38. The molecule has 0 atom stereocenters. The van der Waals surface area contributed by atoms with E-state index < -0.39 is 5.54 Å². The van der Waals surface area contributed by atoms with Crippen molar-refractivity contribution < 1.29 is 14.3 Å². The number of likely N-dealkylation sites (tertiary alicyclic amines) is 1. The predicted molar refractivity (Wildman–Crippen MR) is 93.0 cm³/mol. The molecule has 0 saturated carbocycles. The van der Waals surface area contributed by atoms with E-state index in [1.807, 2.05) is 11.3 Å². The number of amides is 3. The first-order chi connectivity index (χ1) is 11.5. The Bertz CT molecular complexity index is 622. The van der Waals surface area contributed by atoms with Crippen LogP contribution in [0.1, 0.15) is 22.6 Å². The Morgan fingerprint density at radius 1 is 1.25 bits per heavy atom. The average molecular weight is 351 g/mol. The zero-order chi connectivity index (χ0) is 17.3. The van der Waals surface area contributed by atoms with Crippen LogP contribution < -0.4 is 0 Å². The zero-order valence-electron chi connectivity index (χ0n) is 14.6. The maximum Gasteiger partial charge on any atom is 0.327 e. The third kappa shape index (κ3) is 2.96. The average Bonchev–Trinajstić information content (AvgIpc) is 3.05. The van der Waals surface area contributed by atoms with Crippen LogP contribution >= 0.6 is 11.3 Å². The molecule has 3 heterocycles. The Kier molecular flexibility index (Phi) is 4.94. The van der Waals surface area contributed by atoms with Gasteiger partial charge in [-0.15, -0.1) is 11.3 Å². The molecular weight excluding hydrogens is 326 g/mol. The maximum atomic E-state index is 12.7. The van der Waals surface area contributed by atoms with Crippen molar-refractivity contribution >= 4 is 23.3 Å². The van der Waals surface area contributed by atoms with E-state index in [4.69, 9.17) is 4.74 Å². The maximum absolute atomic E-state index is 12.7. The normalized spacial score (nSPS) is 21.3. The highest BCUT2D eigenvalue weighted by Gasteiger charge is 2.56. The number of urea groups is 1. The number of methoxy groups -OCH3 is 1. The van der Waals surface area contributed by atoms with Gasteiger partial charge in [0, 0.05) is 50.1 Å². The van der Waals surface area contributed by atoms with Crippen LogP contribution in [-0.4, -0.2) is 72.6 Å². The molecule has 2 aliphatic heterocycles. The van der Waals surface area contributed by atoms with E-state index in [1.165, 1.54) is 14.7 Å². The number of nitrogens with zero attached hydrogens (tertiary/aromatic N) is 3. The van der Waals surface area contributed by atoms with Gasteiger partial charge in [-0.1, -0.05) is 0 Å². The first-order valence-corrected chi connectivity index (χ1v) is 9.16. The van der Waals surface area contributed by atoms with E-state index in [0.29, 0.717) is 26.0 Å². The quantitative estimate of drug-likeness (QED) is 0.761. The fraction of sp³-hybridized carbons (Fsp3) is 0.647. The highest BCUT2D eigenvalue weighted by atomic mass is 32.1. The van der Waals surface area contributed by atoms with Gasteiger partial charge < -0.3 is 9.64 Å². The van der Waals surface area contributed by atoms with Crippen LogP contribution in [0.3, 0.4) is 0 Å². The molecule has 3 rings (SSSR count). The number of hydrogen-bond donors (Lipinski definition) is 0. The monoisotopic (exact) mass is 351 g/mol. The molecule has 1 aromatic heterocycles. The van der Waals surface area contributed by atoms with E-state index >= 15 is 0 Å². The van der Waals surface area contributed by atoms with Gasteiger partial charge in [0.2, 0.25) is 0 Å². The molecule has 7 heteroatoms. The second kappa shape index (κ2) is 6.82. The Hall–Kier alpha value is -1.44. The summed E-state index contributed by atoms with van der Waals surface area (Å²) in [5.41, 5.74) is -0.674. The first-order valence-electron chi connectivity index (χ1n) is 8.34. The van der Waals surface area contributed by atoms with Crippen LogP contribution in [0.5, 0.6) is 0 Å². The summed E-state index contributed by atoms with van der Waals surface area (Å²) in [5, 5.41) is 0. The van der Waals surface area contributed by atoms with Crippen molar-refractivity contribution in [3.05, 3.63) is 21.9 Å². The van der Waals surface area contributed by atoms with Crippen LogP contribution in [0, 0.1) is 6.92 Å². The summed E-state index contributed by atoms with van der Waals surface area (Å²) in [7, 11) is 3.20. The Balaban J connectivity index is 1.69. The van der Waals surface area contributed by atoms with E-state index in [9.17, 15) is 9.59 Å². The van der Waals surface area contributed by atoms with Crippen molar-refractivity contribution in [2.75, 3.05) is 40.4 Å². The van der Waals surface area contributed by atoms with Gasteiger partial charge in [0.25, 0.3) is 5.91 Å². The van der Waals surface area contributed by atoms with Gasteiger partial charge in [-0.05, 0) is 31.9 Å². The fourth-order valence-electron chi connectivity index (χ4n) is 3.73. The summed E-state index contributed by atoms with van der Waals surface area (Å²) in [6, 6.07) is 4.12. The molecule has 1 aromatic rings. The van der Waals surface area contributed by atoms with Crippen LogP contribution in [0.25, 0.3) is 0 Å². The Labute approximate surface area is 147 Å². The number of ether oxygens (including phenoxy) is 1. The van der Waals surface area contributed by atoms with Crippen molar-refractivity contribution in [1.29, 1.82) is 0 Å². The van der Waals surface area contributed by atoms with Gasteiger partial charge in [0.05, 0.1) is 6.61 Å².